The zero-order valence-corrected chi connectivity index (χ0v) is 9.34. The van der Waals surface area contributed by atoms with Crippen LogP contribution in [-0.4, -0.2) is 30.6 Å². The molecular formula is C11H23FO2. The average Bonchev–Trinajstić information content (AvgIpc) is 2.22. The number of hydrogen-bond donors (Lipinski definition) is 1. The summed E-state index contributed by atoms with van der Waals surface area (Å²) < 4.78 is 18.0. The predicted octanol–water partition coefficient (Wildman–Crippen LogP) is 2.69. The van der Waals surface area contributed by atoms with Crippen LogP contribution in [0.3, 0.4) is 0 Å². The Bertz CT molecular complexity index is 106. The molecule has 0 saturated heterocycles. The summed E-state index contributed by atoms with van der Waals surface area (Å²) in [4.78, 5) is 0. The van der Waals surface area contributed by atoms with Crippen LogP contribution in [0.25, 0.3) is 0 Å². The van der Waals surface area contributed by atoms with Gasteiger partial charge in [-0.1, -0.05) is 19.8 Å². The van der Waals surface area contributed by atoms with Crippen molar-refractivity contribution in [3.8, 4) is 0 Å². The highest BCUT2D eigenvalue weighted by Crippen LogP contribution is 2.07. The SMILES string of the molecule is CCC(C)OCCCCCC(F)CO. The van der Waals surface area contributed by atoms with Gasteiger partial charge >= 0.3 is 0 Å². The Morgan fingerprint density at radius 1 is 1.29 bits per heavy atom. The minimum absolute atomic E-state index is 0.335. The molecule has 14 heavy (non-hydrogen) atoms. The Hall–Kier alpha value is -0.150. The highest BCUT2D eigenvalue weighted by molar-refractivity contribution is 4.54. The van der Waals surface area contributed by atoms with Crippen molar-refractivity contribution in [1.29, 1.82) is 0 Å². The Balaban J connectivity index is 3.06. The van der Waals surface area contributed by atoms with Crippen LogP contribution in [0.4, 0.5) is 4.39 Å². The van der Waals surface area contributed by atoms with E-state index in [-0.39, 0.29) is 6.61 Å². The molecule has 2 unspecified atom stereocenters. The van der Waals surface area contributed by atoms with Gasteiger partial charge in [0.15, 0.2) is 0 Å². The fraction of sp³-hybridized carbons (Fsp3) is 1.00. The molecule has 0 spiro atoms. The number of aliphatic hydroxyl groups excluding tert-OH is 1. The largest absolute Gasteiger partial charge is 0.393 e. The molecule has 0 heterocycles. The highest BCUT2D eigenvalue weighted by atomic mass is 19.1. The molecule has 2 atom stereocenters. The van der Waals surface area contributed by atoms with Crippen molar-refractivity contribution in [3.63, 3.8) is 0 Å². The molecule has 0 saturated carbocycles. The van der Waals surface area contributed by atoms with Crippen molar-refractivity contribution in [2.45, 2.75) is 58.2 Å². The number of unbranched alkanes of at least 4 members (excludes halogenated alkanes) is 2. The molecule has 0 bridgehead atoms. The summed E-state index contributed by atoms with van der Waals surface area (Å²) in [6.45, 7) is 4.58. The Morgan fingerprint density at radius 3 is 2.57 bits per heavy atom. The predicted molar refractivity (Wildman–Crippen MR) is 56.2 cm³/mol. The van der Waals surface area contributed by atoms with Gasteiger partial charge in [0, 0.05) is 6.61 Å². The van der Waals surface area contributed by atoms with Gasteiger partial charge in [-0.15, -0.1) is 0 Å². The third kappa shape index (κ3) is 8.45. The number of alkyl halides is 1. The van der Waals surface area contributed by atoms with E-state index in [0.29, 0.717) is 12.5 Å². The Morgan fingerprint density at radius 2 is 2.00 bits per heavy atom. The Kier molecular flexibility index (Phi) is 9.31. The molecule has 0 amide bonds. The van der Waals surface area contributed by atoms with Crippen LogP contribution < -0.4 is 0 Å². The van der Waals surface area contributed by atoms with E-state index in [1.54, 1.807) is 0 Å². The van der Waals surface area contributed by atoms with Gasteiger partial charge in [-0.05, 0) is 26.2 Å². The van der Waals surface area contributed by atoms with Gasteiger partial charge in [-0.25, -0.2) is 4.39 Å². The molecule has 0 radical (unpaired) electrons. The first kappa shape index (κ1) is 13.8. The second-order valence-corrected chi connectivity index (χ2v) is 3.72. The van der Waals surface area contributed by atoms with Crippen molar-refractivity contribution in [1.82, 2.24) is 0 Å². The van der Waals surface area contributed by atoms with E-state index in [0.717, 1.165) is 32.3 Å². The maximum Gasteiger partial charge on any atom is 0.123 e. The second-order valence-electron chi connectivity index (χ2n) is 3.72. The van der Waals surface area contributed by atoms with Gasteiger partial charge in [0.25, 0.3) is 0 Å². The van der Waals surface area contributed by atoms with Gasteiger partial charge in [0.05, 0.1) is 12.7 Å². The summed E-state index contributed by atoms with van der Waals surface area (Å²) >= 11 is 0. The molecule has 0 aromatic rings. The van der Waals surface area contributed by atoms with Crippen LogP contribution in [0.1, 0.15) is 46.0 Å². The third-order valence-corrected chi connectivity index (χ3v) is 2.34. The standard InChI is InChI=1S/C11H23FO2/c1-3-10(2)14-8-6-4-5-7-11(12)9-13/h10-11,13H,3-9H2,1-2H3. The smallest absolute Gasteiger partial charge is 0.123 e. The summed E-state index contributed by atoms with van der Waals surface area (Å²) in [7, 11) is 0. The monoisotopic (exact) mass is 206 g/mol. The maximum absolute atomic E-state index is 12.5. The van der Waals surface area contributed by atoms with Crippen molar-refractivity contribution in [3.05, 3.63) is 0 Å². The van der Waals surface area contributed by atoms with Gasteiger partial charge in [-0.3, -0.25) is 0 Å². The number of hydrogen-bond acceptors (Lipinski definition) is 2. The van der Waals surface area contributed by atoms with Crippen LogP contribution in [0.5, 0.6) is 0 Å². The summed E-state index contributed by atoms with van der Waals surface area (Å²) in [6, 6.07) is 0. The number of halogens is 1. The van der Waals surface area contributed by atoms with Crippen LogP contribution in [-0.2, 0) is 4.74 Å². The van der Waals surface area contributed by atoms with Crippen molar-refractivity contribution in [2.75, 3.05) is 13.2 Å². The van der Waals surface area contributed by atoms with E-state index in [4.69, 9.17) is 9.84 Å². The van der Waals surface area contributed by atoms with Crippen LogP contribution in [0.15, 0.2) is 0 Å². The van der Waals surface area contributed by atoms with Crippen molar-refractivity contribution >= 4 is 0 Å². The maximum atomic E-state index is 12.5. The lowest BCUT2D eigenvalue weighted by Crippen LogP contribution is -2.08. The fourth-order valence-corrected chi connectivity index (χ4v) is 1.14. The van der Waals surface area contributed by atoms with Gasteiger partial charge in [-0.2, -0.15) is 0 Å². The van der Waals surface area contributed by atoms with E-state index in [2.05, 4.69) is 13.8 Å². The molecule has 1 N–H and O–H groups in total. The quantitative estimate of drug-likeness (QED) is 0.588. The number of aliphatic hydroxyl groups is 1. The van der Waals surface area contributed by atoms with Crippen molar-refractivity contribution < 1.29 is 14.2 Å². The zero-order valence-electron chi connectivity index (χ0n) is 9.34. The van der Waals surface area contributed by atoms with Gasteiger partial charge in [0.2, 0.25) is 0 Å². The third-order valence-electron chi connectivity index (χ3n) is 2.34. The number of ether oxygens (including phenoxy) is 1. The van der Waals surface area contributed by atoms with E-state index in [1.165, 1.54) is 0 Å². The molecule has 86 valence electrons. The van der Waals surface area contributed by atoms with Crippen molar-refractivity contribution in [2.24, 2.45) is 0 Å². The first-order chi connectivity index (χ1) is 6.70. The lowest BCUT2D eigenvalue weighted by Gasteiger charge is -2.10. The lowest BCUT2D eigenvalue weighted by molar-refractivity contribution is 0.0603. The highest BCUT2D eigenvalue weighted by Gasteiger charge is 2.03. The molecule has 0 rings (SSSR count). The minimum atomic E-state index is -1.04. The summed E-state index contributed by atoms with van der Waals surface area (Å²) in [5.41, 5.74) is 0. The molecule has 2 nitrogen and oxygen atoms in total. The minimum Gasteiger partial charge on any atom is -0.393 e. The van der Waals surface area contributed by atoms with E-state index < -0.39 is 6.17 Å². The first-order valence-electron chi connectivity index (χ1n) is 5.57. The second kappa shape index (κ2) is 9.41. The normalized spacial score (nSPS) is 15.4. The van der Waals surface area contributed by atoms with E-state index >= 15 is 0 Å². The zero-order chi connectivity index (χ0) is 10.8. The molecule has 0 aliphatic rings. The molecular weight excluding hydrogens is 183 g/mol. The topological polar surface area (TPSA) is 29.5 Å². The molecule has 0 aliphatic heterocycles. The Labute approximate surface area is 86.5 Å². The van der Waals surface area contributed by atoms with Gasteiger partial charge in [0.1, 0.15) is 6.17 Å². The average molecular weight is 206 g/mol. The first-order valence-corrected chi connectivity index (χ1v) is 5.57. The van der Waals surface area contributed by atoms with E-state index in [9.17, 15) is 4.39 Å². The molecule has 3 heteroatoms. The number of rotatable bonds is 9. The molecule has 0 aliphatic carbocycles. The van der Waals surface area contributed by atoms with Crippen LogP contribution in [0, 0.1) is 0 Å². The van der Waals surface area contributed by atoms with Crippen LogP contribution >= 0.6 is 0 Å². The lowest BCUT2D eigenvalue weighted by atomic mass is 10.1. The summed E-state index contributed by atoms with van der Waals surface area (Å²) in [5, 5.41) is 8.44. The van der Waals surface area contributed by atoms with E-state index in [1.807, 2.05) is 0 Å². The van der Waals surface area contributed by atoms with Gasteiger partial charge < -0.3 is 9.84 Å². The summed E-state index contributed by atoms with van der Waals surface area (Å²) in [6.07, 6.45) is 3.62. The summed E-state index contributed by atoms with van der Waals surface area (Å²) in [5.74, 6) is 0. The molecule has 0 aromatic heterocycles. The fourth-order valence-electron chi connectivity index (χ4n) is 1.14. The molecule has 0 fully saturated rings. The molecule has 0 aromatic carbocycles. The van der Waals surface area contributed by atoms with Crippen LogP contribution in [0.2, 0.25) is 0 Å².